The van der Waals surface area contributed by atoms with E-state index in [2.05, 4.69) is 10.3 Å². The molecule has 1 aromatic heterocycles. The Balaban J connectivity index is 1.10. The molecule has 21 nitrogen and oxygen atoms in total. The van der Waals surface area contributed by atoms with Crippen molar-refractivity contribution in [1.29, 1.82) is 0 Å². The van der Waals surface area contributed by atoms with Crippen molar-refractivity contribution in [3.05, 3.63) is 53.4 Å². The van der Waals surface area contributed by atoms with Gasteiger partial charge < -0.3 is 73.2 Å². The first kappa shape index (κ1) is 62.8. The van der Waals surface area contributed by atoms with Crippen molar-refractivity contribution in [2.75, 3.05) is 61.2 Å². The van der Waals surface area contributed by atoms with Crippen LogP contribution in [0.4, 0.5) is 9.18 Å². The minimum Gasteiger partial charge on any atom is -0.459 e. The highest BCUT2D eigenvalue weighted by atomic mass is 19.1. The molecule has 4 fully saturated rings. The zero-order chi connectivity index (χ0) is 58.1. The number of rotatable bonds is 16. The molecule has 0 radical (unpaired) electrons. The number of aliphatic hydroxyl groups excluding tert-OH is 3. The van der Waals surface area contributed by atoms with E-state index in [-0.39, 0.29) is 37.3 Å². The molecule has 1 aromatic carbocycles. The van der Waals surface area contributed by atoms with E-state index < -0.39 is 127 Å². The number of methoxy groups -OCH3 is 2. The fourth-order valence-electron chi connectivity index (χ4n) is 12.8. The van der Waals surface area contributed by atoms with Crippen molar-refractivity contribution in [2.45, 2.75) is 210 Å². The molecule has 2 aromatic rings. The van der Waals surface area contributed by atoms with Gasteiger partial charge in [-0.25, -0.2) is 13.9 Å². The number of benzene rings is 1. The zero-order valence-corrected chi connectivity index (χ0v) is 48.8. The van der Waals surface area contributed by atoms with E-state index in [0.29, 0.717) is 44.8 Å². The maximum atomic E-state index is 15.0. The average Bonchev–Trinajstić information content (AvgIpc) is 4.17. The molecule has 446 valence electrons. The first-order valence-corrected chi connectivity index (χ1v) is 28.2. The molecule has 79 heavy (non-hydrogen) atoms. The number of alkyl halides is 1. The molecule has 4 saturated heterocycles. The summed E-state index contributed by atoms with van der Waals surface area (Å²) in [6.07, 6.45) is -6.47. The number of carbonyl (C=O) groups is 2. The van der Waals surface area contributed by atoms with E-state index in [4.69, 9.17) is 37.9 Å². The molecule has 5 aliphatic rings. The van der Waals surface area contributed by atoms with Gasteiger partial charge in [-0.3, -0.25) is 9.69 Å². The van der Waals surface area contributed by atoms with Crippen LogP contribution in [0.5, 0.6) is 0 Å². The Hall–Kier alpha value is -3.75. The first-order chi connectivity index (χ1) is 37.2. The molecule has 0 bridgehead atoms. The fraction of sp³-hybridized carbons (Fsp3) is 0.789. The predicted octanol–water partition coefficient (Wildman–Crippen LogP) is 4.22. The Morgan fingerprint density at radius 3 is 2.29 bits per heavy atom. The summed E-state index contributed by atoms with van der Waals surface area (Å²) >= 11 is 0. The van der Waals surface area contributed by atoms with Crippen LogP contribution in [0.1, 0.15) is 124 Å². The van der Waals surface area contributed by atoms with Gasteiger partial charge in [-0.2, -0.15) is 0 Å². The summed E-state index contributed by atoms with van der Waals surface area (Å²) in [5, 5.41) is 68.7. The normalized spacial score (nSPS) is 40.1. The smallest absolute Gasteiger partial charge is 0.410 e. The Morgan fingerprint density at radius 2 is 1.66 bits per heavy atom. The van der Waals surface area contributed by atoms with Crippen molar-refractivity contribution in [3.63, 3.8) is 0 Å². The highest BCUT2D eigenvalue weighted by Gasteiger charge is 2.53. The second-order valence-electron chi connectivity index (χ2n) is 24.1. The second kappa shape index (κ2) is 25.8. The number of esters is 1. The molecule has 5 aliphatic heterocycles. The van der Waals surface area contributed by atoms with E-state index >= 15 is 4.39 Å². The quantitative estimate of drug-likeness (QED) is 0.148. The van der Waals surface area contributed by atoms with E-state index in [0.717, 1.165) is 16.7 Å². The molecule has 7 rings (SSSR count). The number of aliphatic hydroxyl groups is 5. The third-order valence-electron chi connectivity index (χ3n) is 17.8. The van der Waals surface area contributed by atoms with Crippen molar-refractivity contribution >= 4 is 17.6 Å². The number of nitrogens with zero attached hydrogens (tertiary/aromatic N) is 6. The number of carbonyl (C=O) groups excluding carboxylic acids is 2. The monoisotopic (exact) mass is 1120 g/mol. The summed E-state index contributed by atoms with van der Waals surface area (Å²) in [5.74, 6) is -2.91. The van der Waals surface area contributed by atoms with Gasteiger partial charge in [0.15, 0.2) is 12.6 Å². The molecule has 0 aliphatic carbocycles. The second-order valence-corrected chi connectivity index (χ2v) is 24.1. The van der Waals surface area contributed by atoms with Crippen LogP contribution in [0.15, 0.2) is 36.5 Å². The van der Waals surface area contributed by atoms with Gasteiger partial charge in [-0.1, -0.05) is 56.3 Å². The molecule has 5 N–H and O–H groups in total. The molecule has 1 amide bonds. The van der Waals surface area contributed by atoms with Crippen molar-refractivity contribution < 1.29 is 77.4 Å². The summed E-state index contributed by atoms with van der Waals surface area (Å²) in [4.78, 5) is 32.2. The van der Waals surface area contributed by atoms with Crippen LogP contribution >= 0.6 is 0 Å². The van der Waals surface area contributed by atoms with Crippen LogP contribution in [0, 0.1) is 17.8 Å². The number of aromatic nitrogens is 3. The molecule has 1 unspecified atom stereocenters. The molecule has 21 atom stereocenters. The Bertz CT molecular complexity index is 2360. The van der Waals surface area contributed by atoms with Crippen LogP contribution in [0.25, 0.3) is 5.57 Å². The Morgan fingerprint density at radius 1 is 0.962 bits per heavy atom. The van der Waals surface area contributed by atoms with Crippen molar-refractivity contribution in [3.8, 4) is 0 Å². The topological polar surface area (TPSA) is 250 Å². The Kier molecular flexibility index (Phi) is 20.5. The van der Waals surface area contributed by atoms with Crippen molar-refractivity contribution in [2.24, 2.45) is 17.8 Å². The maximum Gasteiger partial charge on any atom is 0.410 e. The molecule has 6 heterocycles. The standard InChI is InChI=1S/C57H91FN6O15/c1-15-44-57(10,71)49(66)35(6)62(12)27-31(2)24-55(8,70)51(33(4)47(34(5)52(68)77-44)78-45-25-56(9,73-14)50(67)36(7)76-45)79-53-46(65)42(22-32(3)75-53)61(11)21-20-40-29-64(60-59-40)43(26-58)48(72-13)38-18-16-37(17-19-38)39-23-41-30-74-54(69)63(41)28-39/h16-19,23,29,31-36,41-51,53,65-67,70-71H,15,20-22,24-28,30H2,1-14H3/t31-,32-,33+,34-,35-,36+,41?,42+,43+,44-,45+,46-,47+,48-,49-,50+,51-,53+,55-,56-,57-/m1/s1. The summed E-state index contributed by atoms with van der Waals surface area (Å²) in [7, 11) is 6.72. The van der Waals surface area contributed by atoms with Gasteiger partial charge in [0.1, 0.15) is 55.4 Å². The number of cyclic esters (lactones) is 2. The largest absolute Gasteiger partial charge is 0.459 e. The predicted molar refractivity (Wildman–Crippen MR) is 288 cm³/mol. The minimum absolute atomic E-state index is 0.0775. The lowest BCUT2D eigenvalue weighted by Crippen LogP contribution is -2.61. The van der Waals surface area contributed by atoms with E-state index in [1.807, 2.05) is 68.1 Å². The minimum atomic E-state index is -1.86. The number of hydrogen-bond donors (Lipinski definition) is 5. The lowest BCUT2D eigenvalue weighted by atomic mass is 9.77. The highest BCUT2D eigenvalue weighted by molar-refractivity contribution is 5.80. The van der Waals surface area contributed by atoms with Gasteiger partial charge in [-0.05, 0) is 104 Å². The number of hydrogen-bond acceptors (Lipinski definition) is 19. The molecular formula is C57H91FN6O15. The van der Waals surface area contributed by atoms with Gasteiger partial charge in [0, 0.05) is 64.3 Å². The number of halogens is 1. The summed E-state index contributed by atoms with van der Waals surface area (Å²) in [6.45, 7) is 18.2. The van der Waals surface area contributed by atoms with E-state index in [9.17, 15) is 35.1 Å². The lowest BCUT2D eigenvalue weighted by Gasteiger charge is -2.49. The third kappa shape index (κ3) is 13.7. The number of ether oxygens (including phenoxy) is 8. The van der Waals surface area contributed by atoms with Crippen molar-refractivity contribution in [1.82, 2.24) is 29.7 Å². The van der Waals surface area contributed by atoms with E-state index in [1.54, 1.807) is 59.6 Å². The van der Waals surface area contributed by atoms with Gasteiger partial charge in [0.25, 0.3) is 0 Å². The molecule has 0 saturated carbocycles. The SMILES string of the molecule is CC[C@H]1OC(=O)[C@H](C)[C@@H](O[C@H]2C[C@@](C)(OC)[C@@H](O)[C@H](C)O2)[C@H](C)[C@@H](O[C@@H]2O[C@H](C)C[C@H](N(C)CCc3cn([C@@H](CF)[C@H](OC)c4ccc(C5=CC6COC(=O)N6C5)cc4)nn3)[C@H]2O)[C@](C)(O)C[C@@H](C)CN(C)[C@H](C)[C@@H](O)[C@]1(C)O. The number of fused-ring (bicyclic) bond motifs is 1. The van der Waals surface area contributed by atoms with Gasteiger partial charge in [-0.15, -0.1) is 5.10 Å². The molecule has 22 heteroatoms. The Labute approximate surface area is 465 Å². The van der Waals surface area contributed by atoms with Crippen LogP contribution < -0.4 is 0 Å². The van der Waals surface area contributed by atoms with Gasteiger partial charge in [0.2, 0.25) is 0 Å². The first-order valence-electron chi connectivity index (χ1n) is 28.2. The fourth-order valence-corrected chi connectivity index (χ4v) is 12.8. The third-order valence-corrected chi connectivity index (χ3v) is 17.8. The summed E-state index contributed by atoms with van der Waals surface area (Å²) < 4.78 is 65.9. The molecule has 0 spiro atoms. The average molecular weight is 1120 g/mol. The van der Waals surface area contributed by atoms with Crippen LogP contribution in [0.2, 0.25) is 0 Å². The summed E-state index contributed by atoms with van der Waals surface area (Å²) in [5.41, 5.74) is -1.31. The number of likely N-dealkylation sites (N-methyl/N-ethyl adjacent to an activating group) is 2. The maximum absolute atomic E-state index is 15.0. The van der Waals surface area contributed by atoms with E-state index in [1.165, 1.54) is 25.8 Å². The van der Waals surface area contributed by atoms with Gasteiger partial charge >= 0.3 is 12.1 Å². The highest BCUT2D eigenvalue weighted by Crippen LogP contribution is 2.41. The number of amides is 1. The van der Waals surface area contributed by atoms with Crippen LogP contribution in [0.3, 0.4) is 0 Å². The van der Waals surface area contributed by atoms with Crippen LogP contribution in [-0.4, -0.2) is 225 Å². The zero-order valence-electron chi connectivity index (χ0n) is 48.8. The van der Waals surface area contributed by atoms with Crippen LogP contribution in [-0.2, 0) is 49.1 Å². The summed E-state index contributed by atoms with van der Waals surface area (Å²) in [6, 6.07) is 5.66. The lowest BCUT2D eigenvalue weighted by molar-refractivity contribution is -0.318. The van der Waals surface area contributed by atoms with Gasteiger partial charge in [0.05, 0.1) is 59.8 Å². The molecular weight excluding hydrogens is 1030 g/mol.